The summed E-state index contributed by atoms with van der Waals surface area (Å²) in [5.74, 6) is -0.281. The minimum absolute atomic E-state index is 0.107. The molecular weight excluding hydrogens is 326 g/mol. The van der Waals surface area contributed by atoms with Gasteiger partial charge in [0.15, 0.2) is 0 Å². The third-order valence-electron chi connectivity index (χ3n) is 3.53. The number of nitrogens with one attached hydrogen (secondary N) is 1. The molecule has 2 rings (SSSR count). The van der Waals surface area contributed by atoms with E-state index in [-0.39, 0.29) is 10.8 Å². The Labute approximate surface area is 142 Å². The fourth-order valence-electron chi connectivity index (χ4n) is 2.15. The molecule has 0 atom stereocenters. The lowest BCUT2D eigenvalue weighted by atomic mass is 10.1. The highest BCUT2D eigenvalue weighted by atomic mass is 32.2. The van der Waals surface area contributed by atoms with Crippen molar-refractivity contribution in [3.63, 3.8) is 0 Å². The van der Waals surface area contributed by atoms with E-state index in [1.165, 1.54) is 26.2 Å². The average molecular weight is 347 g/mol. The van der Waals surface area contributed by atoms with Crippen molar-refractivity contribution in [1.29, 1.82) is 0 Å². The molecule has 0 spiro atoms. The van der Waals surface area contributed by atoms with Crippen LogP contribution < -0.4 is 5.32 Å². The molecule has 0 fully saturated rings. The Bertz CT molecular complexity index is 790. The van der Waals surface area contributed by atoms with Crippen LogP contribution in [0, 0.1) is 0 Å². The molecule has 0 bridgehead atoms. The third kappa shape index (κ3) is 4.62. The number of hydrogen-bond acceptors (Lipinski definition) is 4. The zero-order valence-electron chi connectivity index (χ0n) is 13.8. The number of benzene rings is 1. The number of pyridine rings is 1. The molecule has 1 amide bonds. The Morgan fingerprint density at radius 2 is 2.00 bits per heavy atom. The van der Waals surface area contributed by atoms with E-state index in [1.54, 1.807) is 24.5 Å². The van der Waals surface area contributed by atoms with Crippen LogP contribution in [0.3, 0.4) is 0 Å². The van der Waals surface area contributed by atoms with Crippen LogP contribution in [0.1, 0.15) is 22.3 Å². The van der Waals surface area contributed by atoms with Gasteiger partial charge in [-0.05, 0) is 42.7 Å². The number of carbonyl (C=O) groups excluding carboxylic acids is 1. The Hall–Kier alpha value is -2.25. The molecule has 2 aromatic rings. The topological polar surface area (TPSA) is 79.4 Å². The fourth-order valence-corrected chi connectivity index (χ4v) is 3.10. The minimum Gasteiger partial charge on any atom is -0.352 e. The van der Waals surface area contributed by atoms with Gasteiger partial charge in [0.1, 0.15) is 0 Å². The molecule has 128 valence electrons. The Morgan fingerprint density at radius 3 is 2.67 bits per heavy atom. The van der Waals surface area contributed by atoms with E-state index < -0.39 is 10.0 Å². The molecule has 0 saturated carbocycles. The van der Waals surface area contributed by atoms with Gasteiger partial charge in [0.25, 0.3) is 5.91 Å². The molecule has 7 heteroatoms. The summed E-state index contributed by atoms with van der Waals surface area (Å²) in [6.45, 7) is 0.512. The van der Waals surface area contributed by atoms with Gasteiger partial charge in [-0.15, -0.1) is 0 Å². The number of rotatable bonds is 7. The summed E-state index contributed by atoms with van der Waals surface area (Å²) in [5.41, 5.74) is 1.45. The van der Waals surface area contributed by atoms with E-state index in [0.717, 1.165) is 22.7 Å². The molecule has 1 N–H and O–H groups in total. The number of nitrogens with zero attached hydrogens (tertiary/aromatic N) is 2. The Balaban J connectivity index is 1.93. The van der Waals surface area contributed by atoms with E-state index in [0.29, 0.717) is 12.1 Å². The standard InChI is InChI=1S/C17H21N3O3S/c1-20(2)24(22,23)16-9-3-8-15(12-16)17(21)19-11-5-7-14-6-4-10-18-13-14/h3-4,6,8-10,12-13H,5,7,11H2,1-2H3,(H,19,21). The molecule has 0 radical (unpaired) electrons. The van der Waals surface area contributed by atoms with Gasteiger partial charge < -0.3 is 5.32 Å². The molecule has 1 aromatic heterocycles. The lowest BCUT2D eigenvalue weighted by Crippen LogP contribution is -2.26. The summed E-state index contributed by atoms with van der Waals surface area (Å²) >= 11 is 0. The quantitative estimate of drug-likeness (QED) is 0.773. The van der Waals surface area contributed by atoms with Gasteiger partial charge in [0, 0.05) is 38.6 Å². The molecule has 6 nitrogen and oxygen atoms in total. The van der Waals surface area contributed by atoms with Gasteiger partial charge in [-0.3, -0.25) is 9.78 Å². The van der Waals surface area contributed by atoms with Gasteiger partial charge in [0.05, 0.1) is 4.90 Å². The minimum atomic E-state index is -3.55. The Morgan fingerprint density at radius 1 is 1.21 bits per heavy atom. The van der Waals surface area contributed by atoms with Crippen molar-refractivity contribution in [2.24, 2.45) is 0 Å². The third-order valence-corrected chi connectivity index (χ3v) is 5.34. The van der Waals surface area contributed by atoms with Crippen molar-refractivity contribution in [3.05, 3.63) is 59.9 Å². The monoisotopic (exact) mass is 347 g/mol. The first-order valence-electron chi connectivity index (χ1n) is 7.61. The fraction of sp³-hybridized carbons (Fsp3) is 0.294. The second kappa shape index (κ2) is 8.03. The van der Waals surface area contributed by atoms with Crippen LogP contribution in [0.5, 0.6) is 0 Å². The van der Waals surface area contributed by atoms with Crippen LogP contribution in [0.4, 0.5) is 0 Å². The van der Waals surface area contributed by atoms with E-state index in [1.807, 2.05) is 12.1 Å². The van der Waals surface area contributed by atoms with Crippen molar-refractivity contribution in [2.75, 3.05) is 20.6 Å². The van der Waals surface area contributed by atoms with Gasteiger partial charge in [-0.1, -0.05) is 12.1 Å². The lowest BCUT2D eigenvalue weighted by molar-refractivity contribution is 0.0953. The zero-order valence-corrected chi connectivity index (χ0v) is 14.6. The molecule has 1 aromatic carbocycles. The smallest absolute Gasteiger partial charge is 0.251 e. The first kappa shape index (κ1) is 18.1. The van der Waals surface area contributed by atoms with Crippen LogP contribution in [0.25, 0.3) is 0 Å². The lowest BCUT2D eigenvalue weighted by Gasteiger charge is -2.12. The van der Waals surface area contributed by atoms with Crippen LogP contribution in [-0.4, -0.2) is 44.3 Å². The Kier molecular flexibility index (Phi) is 6.05. The van der Waals surface area contributed by atoms with Crippen molar-refractivity contribution < 1.29 is 13.2 Å². The van der Waals surface area contributed by atoms with Gasteiger partial charge in [0.2, 0.25) is 10.0 Å². The van der Waals surface area contributed by atoms with Gasteiger partial charge in [-0.2, -0.15) is 0 Å². The number of amides is 1. The number of carbonyl (C=O) groups is 1. The summed E-state index contributed by atoms with van der Waals surface area (Å²) in [5, 5.41) is 2.81. The molecule has 0 aliphatic rings. The van der Waals surface area contributed by atoms with E-state index in [9.17, 15) is 13.2 Å². The van der Waals surface area contributed by atoms with Crippen LogP contribution in [0.15, 0.2) is 53.7 Å². The zero-order chi connectivity index (χ0) is 17.6. The number of aromatic nitrogens is 1. The van der Waals surface area contributed by atoms with Crippen LogP contribution in [-0.2, 0) is 16.4 Å². The van der Waals surface area contributed by atoms with Crippen LogP contribution >= 0.6 is 0 Å². The van der Waals surface area contributed by atoms with Crippen molar-refractivity contribution >= 4 is 15.9 Å². The molecule has 0 saturated heterocycles. The summed E-state index contributed by atoms with van der Waals surface area (Å²) in [7, 11) is -0.630. The van der Waals surface area contributed by atoms with Crippen LogP contribution in [0.2, 0.25) is 0 Å². The summed E-state index contributed by atoms with van der Waals surface area (Å²) in [6.07, 6.45) is 5.13. The molecule has 0 aliphatic carbocycles. The molecule has 1 heterocycles. The number of sulfonamides is 1. The normalized spacial score (nSPS) is 11.5. The first-order valence-corrected chi connectivity index (χ1v) is 9.05. The van der Waals surface area contributed by atoms with Crippen molar-refractivity contribution in [1.82, 2.24) is 14.6 Å². The predicted octanol–water partition coefficient (Wildman–Crippen LogP) is 1.69. The second-order valence-corrected chi connectivity index (χ2v) is 7.69. The highest BCUT2D eigenvalue weighted by Crippen LogP contribution is 2.14. The molecule has 0 unspecified atom stereocenters. The van der Waals surface area contributed by atoms with Gasteiger partial charge in [-0.25, -0.2) is 12.7 Å². The summed E-state index contributed by atoms with van der Waals surface area (Å²) in [4.78, 5) is 16.3. The SMILES string of the molecule is CN(C)S(=O)(=O)c1cccc(C(=O)NCCCc2cccnc2)c1. The maximum absolute atomic E-state index is 12.2. The van der Waals surface area contributed by atoms with Gasteiger partial charge >= 0.3 is 0 Å². The van der Waals surface area contributed by atoms with Crippen molar-refractivity contribution in [3.8, 4) is 0 Å². The maximum atomic E-state index is 12.2. The van der Waals surface area contributed by atoms with Crippen molar-refractivity contribution in [2.45, 2.75) is 17.7 Å². The molecule has 24 heavy (non-hydrogen) atoms. The molecule has 0 aliphatic heterocycles. The maximum Gasteiger partial charge on any atom is 0.251 e. The van der Waals surface area contributed by atoms with E-state index in [2.05, 4.69) is 10.3 Å². The highest BCUT2D eigenvalue weighted by molar-refractivity contribution is 7.89. The second-order valence-electron chi connectivity index (χ2n) is 5.54. The molecular formula is C17H21N3O3S. The average Bonchev–Trinajstić information content (AvgIpc) is 2.59. The number of aryl methyl sites for hydroxylation is 1. The highest BCUT2D eigenvalue weighted by Gasteiger charge is 2.18. The number of hydrogen-bond donors (Lipinski definition) is 1. The summed E-state index contributed by atoms with van der Waals surface area (Å²) < 4.78 is 25.3. The van der Waals surface area contributed by atoms with E-state index in [4.69, 9.17) is 0 Å². The summed E-state index contributed by atoms with van der Waals surface area (Å²) in [6, 6.07) is 9.92. The largest absolute Gasteiger partial charge is 0.352 e. The first-order chi connectivity index (χ1) is 11.4. The van der Waals surface area contributed by atoms with E-state index >= 15 is 0 Å². The predicted molar refractivity (Wildman–Crippen MR) is 92.2 cm³/mol.